The lowest BCUT2D eigenvalue weighted by Gasteiger charge is -2.30. The van der Waals surface area contributed by atoms with Crippen LogP contribution in [0.3, 0.4) is 0 Å². The molecule has 0 saturated carbocycles. The van der Waals surface area contributed by atoms with Crippen molar-refractivity contribution in [2.75, 3.05) is 6.54 Å². The molecule has 16 heavy (non-hydrogen) atoms. The lowest BCUT2D eigenvalue weighted by atomic mass is 10.0. The molecule has 3 nitrogen and oxygen atoms in total. The van der Waals surface area contributed by atoms with Gasteiger partial charge in [0.1, 0.15) is 0 Å². The van der Waals surface area contributed by atoms with Crippen molar-refractivity contribution in [3.63, 3.8) is 0 Å². The third-order valence-corrected chi connectivity index (χ3v) is 2.90. The maximum absolute atomic E-state index is 12.3. The minimum absolute atomic E-state index is 0.00356. The van der Waals surface area contributed by atoms with E-state index in [0.29, 0.717) is 5.92 Å². The summed E-state index contributed by atoms with van der Waals surface area (Å²) >= 11 is 0. The van der Waals surface area contributed by atoms with Gasteiger partial charge in [0.25, 0.3) is 0 Å². The zero-order chi connectivity index (χ0) is 12.3. The number of rotatable bonds is 4. The molecule has 1 amide bonds. The summed E-state index contributed by atoms with van der Waals surface area (Å²) in [4.78, 5) is 14.3. The van der Waals surface area contributed by atoms with Crippen LogP contribution in [0.25, 0.3) is 0 Å². The summed E-state index contributed by atoms with van der Waals surface area (Å²) in [5.74, 6) is 0.731. The highest BCUT2D eigenvalue weighted by Crippen LogP contribution is 2.20. The molecule has 0 aliphatic heterocycles. The highest BCUT2D eigenvalue weighted by molar-refractivity contribution is 5.81. The van der Waals surface area contributed by atoms with Gasteiger partial charge >= 0.3 is 0 Å². The maximum Gasteiger partial charge on any atom is 0.229 e. The normalized spacial score (nSPS) is 24.4. The average Bonchev–Trinajstić information content (AvgIpc) is 2.59. The van der Waals surface area contributed by atoms with Crippen molar-refractivity contribution < 1.29 is 4.79 Å². The predicted molar refractivity (Wildman–Crippen MR) is 66.9 cm³/mol. The van der Waals surface area contributed by atoms with E-state index in [4.69, 9.17) is 5.73 Å². The summed E-state index contributed by atoms with van der Waals surface area (Å²) < 4.78 is 0. The highest BCUT2D eigenvalue weighted by atomic mass is 16.2. The third-order valence-electron chi connectivity index (χ3n) is 2.90. The van der Waals surface area contributed by atoms with E-state index in [-0.39, 0.29) is 23.9 Å². The molecule has 0 radical (unpaired) electrons. The first kappa shape index (κ1) is 13.2. The van der Waals surface area contributed by atoms with E-state index in [1.54, 1.807) is 0 Å². The fourth-order valence-corrected chi connectivity index (χ4v) is 2.07. The van der Waals surface area contributed by atoms with Crippen molar-refractivity contribution in [2.45, 2.75) is 46.2 Å². The molecule has 2 N–H and O–H groups in total. The summed E-state index contributed by atoms with van der Waals surface area (Å²) in [5.41, 5.74) is 5.78. The molecule has 1 aliphatic carbocycles. The predicted octanol–water partition coefficient (Wildman–Crippen LogP) is 1.78. The fourth-order valence-electron chi connectivity index (χ4n) is 2.07. The van der Waals surface area contributed by atoms with Gasteiger partial charge in [0.15, 0.2) is 0 Å². The minimum atomic E-state index is -0.00356. The molecule has 0 aromatic carbocycles. The van der Waals surface area contributed by atoms with Crippen molar-refractivity contribution in [1.29, 1.82) is 0 Å². The topological polar surface area (TPSA) is 46.3 Å². The van der Waals surface area contributed by atoms with Gasteiger partial charge in [-0.1, -0.05) is 26.0 Å². The number of nitrogens with two attached hydrogens (primary N) is 1. The second kappa shape index (κ2) is 5.48. The Kier molecular flexibility index (Phi) is 4.54. The zero-order valence-corrected chi connectivity index (χ0v) is 10.8. The van der Waals surface area contributed by atoms with Crippen LogP contribution in [0.1, 0.15) is 34.1 Å². The zero-order valence-electron chi connectivity index (χ0n) is 10.8. The first-order valence-electron chi connectivity index (χ1n) is 6.16. The second-order valence-electron chi connectivity index (χ2n) is 5.37. The fraction of sp³-hybridized carbons (Fsp3) is 0.769. The summed E-state index contributed by atoms with van der Waals surface area (Å²) in [6, 6.07) is 0.321. The summed E-state index contributed by atoms with van der Waals surface area (Å²) in [6.45, 7) is 9.24. The van der Waals surface area contributed by atoms with E-state index in [1.807, 2.05) is 17.1 Å². The van der Waals surface area contributed by atoms with Gasteiger partial charge in [0.2, 0.25) is 5.91 Å². The molecule has 0 aromatic heterocycles. The van der Waals surface area contributed by atoms with E-state index in [1.165, 1.54) is 0 Å². The molecule has 2 atom stereocenters. The Bertz CT molecular complexity index is 271. The summed E-state index contributed by atoms with van der Waals surface area (Å²) in [7, 11) is 0. The van der Waals surface area contributed by atoms with Gasteiger partial charge < -0.3 is 10.6 Å². The van der Waals surface area contributed by atoms with Crippen LogP contribution in [0.15, 0.2) is 12.2 Å². The smallest absolute Gasteiger partial charge is 0.229 e. The Morgan fingerprint density at radius 2 is 2.00 bits per heavy atom. The lowest BCUT2D eigenvalue weighted by molar-refractivity contribution is -0.136. The molecule has 0 spiro atoms. The van der Waals surface area contributed by atoms with Crippen LogP contribution in [-0.2, 0) is 4.79 Å². The Morgan fingerprint density at radius 3 is 2.38 bits per heavy atom. The summed E-state index contributed by atoms with van der Waals surface area (Å²) in [5, 5.41) is 0. The molecular weight excluding hydrogens is 200 g/mol. The van der Waals surface area contributed by atoms with Crippen molar-refractivity contribution in [3.05, 3.63) is 12.2 Å². The monoisotopic (exact) mass is 224 g/mol. The van der Waals surface area contributed by atoms with Gasteiger partial charge in [0, 0.05) is 18.6 Å². The van der Waals surface area contributed by atoms with Crippen LogP contribution in [0, 0.1) is 11.8 Å². The van der Waals surface area contributed by atoms with Crippen molar-refractivity contribution in [3.8, 4) is 0 Å². The van der Waals surface area contributed by atoms with Crippen LogP contribution in [0.2, 0.25) is 0 Å². The van der Waals surface area contributed by atoms with Crippen LogP contribution in [-0.4, -0.2) is 29.4 Å². The van der Waals surface area contributed by atoms with Crippen molar-refractivity contribution in [1.82, 2.24) is 4.90 Å². The number of nitrogens with zero attached hydrogens (tertiary/aromatic N) is 1. The van der Waals surface area contributed by atoms with Crippen LogP contribution < -0.4 is 5.73 Å². The molecule has 2 unspecified atom stereocenters. The number of hydrogen-bond acceptors (Lipinski definition) is 2. The molecule has 0 aromatic rings. The second-order valence-corrected chi connectivity index (χ2v) is 5.37. The first-order chi connectivity index (χ1) is 7.41. The van der Waals surface area contributed by atoms with Gasteiger partial charge in [-0.25, -0.2) is 0 Å². The highest BCUT2D eigenvalue weighted by Gasteiger charge is 2.28. The SMILES string of the molecule is CC(C)CN(C(=O)C1C=CC(N)C1)C(C)C. The minimum Gasteiger partial charge on any atom is -0.340 e. The molecule has 0 heterocycles. The largest absolute Gasteiger partial charge is 0.340 e. The van der Waals surface area contributed by atoms with Crippen LogP contribution >= 0.6 is 0 Å². The number of carbonyl (C=O) groups excluding carboxylic acids is 1. The molecule has 0 bridgehead atoms. The molecule has 3 heteroatoms. The van der Waals surface area contributed by atoms with Gasteiger partial charge in [-0.15, -0.1) is 0 Å². The number of hydrogen-bond donors (Lipinski definition) is 1. The van der Waals surface area contributed by atoms with Crippen molar-refractivity contribution in [2.24, 2.45) is 17.6 Å². The Labute approximate surface area is 98.7 Å². The first-order valence-corrected chi connectivity index (χ1v) is 6.16. The van der Waals surface area contributed by atoms with E-state index in [2.05, 4.69) is 27.7 Å². The lowest BCUT2D eigenvalue weighted by Crippen LogP contribution is -2.42. The van der Waals surface area contributed by atoms with E-state index >= 15 is 0 Å². The Morgan fingerprint density at radius 1 is 1.38 bits per heavy atom. The Balaban J connectivity index is 2.64. The van der Waals surface area contributed by atoms with Gasteiger partial charge in [0.05, 0.1) is 5.92 Å². The third kappa shape index (κ3) is 3.34. The molecule has 0 saturated heterocycles. The quantitative estimate of drug-likeness (QED) is 0.740. The van der Waals surface area contributed by atoms with Gasteiger partial charge in [-0.3, -0.25) is 4.79 Å². The average molecular weight is 224 g/mol. The van der Waals surface area contributed by atoms with E-state index in [0.717, 1.165) is 13.0 Å². The van der Waals surface area contributed by atoms with E-state index in [9.17, 15) is 4.79 Å². The molecule has 1 rings (SSSR count). The summed E-state index contributed by atoms with van der Waals surface area (Å²) in [6.07, 6.45) is 4.67. The van der Waals surface area contributed by atoms with Gasteiger partial charge in [-0.2, -0.15) is 0 Å². The maximum atomic E-state index is 12.3. The van der Waals surface area contributed by atoms with Crippen molar-refractivity contribution >= 4 is 5.91 Å². The molecule has 0 fully saturated rings. The van der Waals surface area contributed by atoms with Gasteiger partial charge in [-0.05, 0) is 26.2 Å². The van der Waals surface area contributed by atoms with Crippen LogP contribution in [0.5, 0.6) is 0 Å². The molecule has 1 aliphatic rings. The van der Waals surface area contributed by atoms with Crippen LogP contribution in [0.4, 0.5) is 0 Å². The Hall–Kier alpha value is -0.830. The number of carbonyl (C=O) groups is 1. The number of amides is 1. The standard InChI is InChI=1S/C13H24N2O/c1-9(2)8-15(10(3)4)13(16)11-5-6-12(14)7-11/h5-6,9-12H,7-8,14H2,1-4H3. The molecular formula is C13H24N2O. The van der Waals surface area contributed by atoms with E-state index < -0.39 is 0 Å². The molecule has 92 valence electrons.